The average Bonchev–Trinajstić information content (AvgIpc) is 2.74. The molecule has 0 bridgehead atoms. The summed E-state index contributed by atoms with van der Waals surface area (Å²) >= 11 is 0. The number of hydrogen-bond donors (Lipinski definition) is 1. The molecule has 0 radical (unpaired) electrons. The fraction of sp³-hybridized carbons (Fsp3) is 0.435. The maximum atomic E-state index is 13.0. The Morgan fingerprint density at radius 1 is 1.10 bits per heavy atom. The van der Waals surface area contributed by atoms with Crippen LogP contribution >= 0.6 is 0 Å². The monoisotopic (exact) mass is 430 g/mol. The topological polar surface area (TPSA) is 75.7 Å². The molecule has 3 rings (SSSR count). The van der Waals surface area contributed by atoms with Gasteiger partial charge >= 0.3 is 0 Å². The summed E-state index contributed by atoms with van der Waals surface area (Å²) in [7, 11) is -3.51. The van der Waals surface area contributed by atoms with Crippen LogP contribution in [0.2, 0.25) is 0 Å². The quantitative estimate of drug-likeness (QED) is 0.651. The number of carbonyl (C=O) groups excluding carboxylic acids is 1. The van der Waals surface area contributed by atoms with Crippen LogP contribution in [0.15, 0.2) is 53.4 Å². The zero-order valence-corrected chi connectivity index (χ0v) is 18.5. The van der Waals surface area contributed by atoms with Gasteiger partial charge in [0.15, 0.2) is 0 Å². The molecule has 1 heterocycles. The van der Waals surface area contributed by atoms with Crippen LogP contribution in [0.5, 0.6) is 5.75 Å². The minimum atomic E-state index is -3.51. The van der Waals surface area contributed by atoms with Gasteiger partial charge in [0.25, 0.3) is 0 Å². The van der Waals surface area contributed by atoms with E-state index in [2.05, 4.69) is 5.32 Å². The van der Waals surface area contributed by atoms with E-state index in [0.717, 1.165) is 16.9 Å². The molecule has 6 nitrogen and oxygen atoms in total. The molecule has 1 N–H and O–H groups in total. The van der Waals surface area contributed by atoms with Gasteiger partial charge in [-0.25, -0.2) is 8.42 Å². The van der Waals surface area contributed by atoms with Crippen molar-refractivity contribution in [1.29, 1.82) is 0 Å². The van der Waals surface area contributed by atoms with Crippen molar-refractivity contribution in [3.05, 3.63) is 59.7 Å². The second-order valence-electron chi connectivity index (χ2n) is 7.78. The molecule has 1 saturated heterocycles. The number of aryl methyl sites for hydroxylation is 2. The van der Waals surface area contributed by atoms with E-state index < -0.39 is 10.0 Å². The van der Waals surface area contributed by atoms with E-state index in [1.54, 1.807) is 6.07 Å². The number of hydrogen-bond acceptors (Lipinski definition) is 4. The molecule has 1 aliphatic heterocycles. The second kappa shape index (κ2) is 10.1. The lowest BCUT2D eigenvalue weighted by Gasteiger charge is -2.32. The van der Waals surface area contributed by atoms with E-state index in [1.165, 1.54) is 4.31 Å². The van der Waals surface area contributed by atoms with Gasteiger partial charge in [0, 0.05) is 25.6 Å². The molecule has 0 saturated carbocycles. The third-order valence-corrected chi connectivity index (χ3v) is 7.38. The van der Waals surface area contributed by atoms with Crippen molar-refractivity contribution < 1.29 is 17.9 Å². The number of nitrogens with zero attached hydrogens (tertiary/aromatic N) is 1. The van der Waals surface area contributed by atoms with Crippen molar-refractivity contribution in [2.24, 2.45) is 0 Å². The first-order valence-electron chi connectivity index (χ1n) is 10.4. The third-order valence-electron chi connectivity index (χ3n) is 5.34. The lowest BCUT2D eigenvalue weighted by Crippen LogP contribution is -2.46. The minimum absolute atomic E-state index is 0.0116. The molecule has 0 aromatic heterocycles. The van der Waals surface area contributed by atoms with E-state index in [-0.39, 0.29) is 11.9 Å². The highest BCUT2D eigenvalue weighted by Crippen LogP contribution is 2.24. The molecule has 1 amide bonds. The van der Waals surface area contributed by atoms with Gasteiger partial charge in [0.05, 0.1) is 11.5 Å². The first kappa shape index (κ1) is 22.3. The highest BCUT2D eigenvalue weighted by Gasteiger charge is 2.30. The zero-order valence-electron chi connectivity index (χ0n) is 17.6. The normalized spacial score (nSPS) is 15.7. The first-order chi connectivity index (χ1) is 14.4. The highest BCUT2D eigenvalue weighted by molar-refractivity contribution is 7.89. The van der Waals surface area contributed by atoms with Gasteiger partial charge in [-0.2, -0.15) is 4.31 Å². The second-order valence-corrected chi connectivity index (χ2v) is 9.69. The van der Waals surface area contributed by atoms with E-state index in [4.69, 9.17) is 4.74 Å². The van der Waals surface area contributed by atoms with Crippen LogP contribution in [0.1, 0.15) is 36.8 Å². The Balaban J connectivity index is 1.42. The summed E-state index contributed by atoms with van der Waals surface area (Å²) in [5.74, 6) is 0.790. The van der Waals surface area contributed by atoms with Crippen molar-refractivity contribution >= 4 is 15.9 Å². The molecule has 30 heavy (non-hydrogen) atoms. The van der Waals surface area contributed by atoms with Gasteiger partial charge in [0.1, 0.15) is 5.75 Å². The largest absolute Gasteiger partial charge is 0.494 e. The summed E-state index contributed by atoms with van der Waals surface area (Å²) < 4.78 is 33.1. The summed E-state index contributed by atoms with van der Waals surface area (Å²) in [6.45, 7) is 5.03. The number of carbonyl (C=O) groups is 1. The molecule has 2 aromatic carbocycles. The van der Waals surface area contributed by atoms with Crippen molar-refractivity contribution in [2.75, 3.05) is 19.7 Å². The summed E-state index contributed by atoms with van der Waals surface area (Å²) in [4.78, 5) is 12.6. The SMILES string of the molecule is Cc1ccc(C)c(S(=O)(=O)N2CCC(NC(=O)CCCOc3ccccc3)CC2)c1. The summed E-state index contributed by atoms with van der Waals surface area (Å²) in [5, 5.41) is 3.03. The first-order valence-corrected chi connectivity index (χ1v) is 11.8. The van der Waals surface area contributed by atoms with Crippen LogP contribution in [0.4, 0.5) is 0 Å². The lowest BCUT2D eigenvalue weighted by atomic mass is 10.1. The molecule has 1 fully saturated rings. The number of benzene rings is 2. The maximum absolute atomic E-state index is 13.0. The molecule has 2 aromatic rings. The fourth-order valence-electron chi connectivity index (χ4n) is 3.60. The number of rotatable bonds is 8. The summed E-state index contributed by atoms with van der Waals surface area (Å²) in [5.41, 5.74) is 1.69. The molecule has 0 aliphatic carbocycles. The standard InChI is InChI=1S/C23H30N2O4S/c1-18-10-11-19(2)22(17-18)30(27,28)25-14-12-20(13-15-25)24-23(26)9-6-16-29-21-7-4-3-5-8-21/h3-5,7-8,10-11,17,20H,6,9,12-16H2,1-2H3,(H,24,26). The van der Waals surface area contributed by atoms with Crippen molar-refractivity contribution in [3.8, 4) is 5.75 Å². The van der Waals surface area contributed by atoms with Gasteiger partial charge < -0.3 is 10.1 Å². The number of amides is 1. The Labute approximate surface area is 179 Å². The van der Waals surface area contributed by atoms with E-state index in [1.807, 2.05) is 56.3 Å². The molecular formula is C23H30N2O4S. The van der Waals surface area contributed by atoms with Gasteiger partial charge in [-0.1, -0.05) is 30.3 Å². The number of para-hydroxylation sites is 1. The predicted octanol–water partition coefficient (Wildman–Crippen LogP) is 3.43. The minimum Gasteiger partial charge on any atom is -0.494 e. The van der Waals surface area contributed by atoms with Gasteiger partial charge in [-0.15, -0.1) is 0 Å². The Kier molecular flexibility index (Phi) is 7.50. The van der Waals surface area contributed by atoms with Crippen LogP contribution in [-0.2, 0) is 14.8 Å². The van der Waals surface area contributed by atoms with E-state index in [0.29, 0.717) is 50.3 Å². The Morgan fingerprint density at radius 2 is 1.80 bits per heavy atom. The number of sulfonamides is 1. The molecule has 0 spiro atoms. The van der Waals surface area contributed by atoms with Crippen molar-refractivity contribution in [1.82, 2.24) is 9.62 Å². The van der Waals surface area contributed by atoms with E-state index in [9.17, 15) is 13.2 Å². The number of piperidine rings is 1. The molecule has 1 aliphatic rings. The van der Waals surface area contributed by atoms with Crippen LogP contribution in [0.25, 0.3) is 0 Å². The Morgan fingerprint density at radius 3 is 2.50 bits per heavy atom. The highest BCUT2D eigenvalue weighted by atomic mass is 32.2. The molecule has 0 atom stereocenters. The Bertz CT molecular complexity index is 952. The van der Waals surface area contributed by atoms with Crippen LogP contribution < -0.4 is 10.1 Å². The van der Waals surface area contributed by atoms with Crippen molar-refractivity contribution in [2.45, 2.75) is 50.5 Å². The number of nitrogens with one attached hydrogen (secondary N) is 1. The van der Waals surface area contributed by atoms with E-state index >= 15 is 0 Å². The van der Waals surface area contributed by atoms with Crippen LogP contribution in [-0.4, -0.2) is 44.4 Å². The summed E-state index contributed by atoms with van der Waals surface area (Å²) in [6.07, 6.45) is 2.28. The molecule has 162 valence electrons. The van der Waals surface area contributed by atoms with Crippen molar-refractivity contribution in [3.63, 3.8) is 0 Å². The van der Waals surface area contributed by atoms with Crippen LogP contribution in [0.3, 0.4) is 0 Å². The van der Waals surface area contributed by atoms with Crippen LogP contribution in [0, 0.1) is 13.8 Å². The molecule has 7 heteroatoms. The zero-order chi connectivity index (χ0) is 21.6. The molecular weight excluding hydrogens is 400 g/mol. The predicted molar refractivity (Wildman–Crippen MR) is 117 cm³/mol. The summed E-state index contributed by atoms with van der Waals surface area (Å²) in [6, 6.07) is 15.0. The van der Waals surface area contributed by atoms with Gasteiger partial charge in [-0.3, -0.25) is 4.79 Å². The number of ether oxygens (including phenoxy) is 1. The van der Waals surface area contributed by atoms with Gasteiger partial charge in [0.2, 0.25) is 15.9 Å². The third kappa shape index (κ3) is 5.83. The average molecular weight is 431 g/mol. The fourth-order valence-corrected chi connectivity index (χ4v) is 5.38. The van der Waals surface area contributed by atoms with Gasteiger partial charge in [-0.05, 0) is 62.4 Å². The lowest BCUT2D eigenvalue weighted by molar-refractivity contribution is -0.122. The maximum Gasteiger partial charge on any atom is 0.243 e. The Hall–Kier alpha value is -2.38. The smallest absolute Gasteiger partial charge is 0.243 e. The molecule has 0 unspecified atom stereocenters.